The Bertz CT molecular complexity index is 1150. The summed E-state index contributed by atoms with van der Waals surface area (Å²) < 4.78 is 3.52. The molecule has 237 valence electrons. The maximum atomic E-state index is 8.24. The molecule has 0 bridgehead atoms. The standard InChI is InChI=1S/C7H12N2.3C4H6N2.2C3H6N4.3Y/c1-5-6(2)8-9(4)7(5)3;2*1-3-6-4(2)5;1-3-5-6-4-2;1-3-4-5-6-7(3)2;1-3-4-6-7(2)5-3;;;/h1-4H3;3*1-2H3;2*1-2H3;;;/q;3*-2;;;;;. The van der Waals surface area contributed by atoms with E-state index in [1.807, 2.05) is 25.6 Å². The van der Waals surface area contributed by atoms with E-state index >= 15 is 0 Å². The first kappa shape index (κ1) is 55.1. The van der Waals surface area contributed by atoms with Crippen LogP contribution in [0, 0.1) is 34.6 Å². The third-order valence-electron chi connectivity index (χ3n) is 4.11. The van der Waals surface area contributed by atoms with Crippen molar-refractivity contribution in [3.05, 3.63) is 39.4 Å². The van der Waals surface area contributed by atoms with Gasteiger partial charge < -0.3 is 55.9 Å². The van der Waals surface area contributed by atoms with Gasteiger partial charge in [-0.05, 0) is 55.8 Å². The molecule has 0 aliphatic rings. The van der Waals surface area contributed by atoms with Crippen molar-refractivity contribution in [2.45, 2.75) is 76.2 Å². The van der Waals surface area contributed by atoms with Crippen molar-refractivity contribution in [3.63, 3.8) is 0 Å². The summed E-state index contributed by atoms with van der Waals surface area (Å²) in [5.41, 5.74) is 3.69. The zero-order valence-corrected chi connectivity index (χ0v) is 36.9. The van der Waals surface area contributed by atoms with Crippen molar-refractivity contribution in [1.29, 1.82) is 0 Å². The summed E-state index contributed by atoms with van der Waals surface area (Å²) in [5.74, 6) is 1.65. The largest absolute Gasteiger partial charge is 0.645 e. The van der Waals surface area contributed by atoms with Gasteiger partial charge in [-0.15, -0.1) is 43.0 Å². The van der Waals surface area contributed by atoms with Gasteiger partial charge in [0.2, 0.25) is 0 Å². The zero-order chi connectivity index (χ0) is 32.4. The number of hydrogen-bond donors (Lipinski definition) is 0. The molecule has 0 N–H and O–H groups in total. The molecule has 3 radical (unpaired) electrons. The van der Waals surface area contributed by atoms with E-state index in [-0.39, 0.29) is 110 Å². The van der Waals surface area contributed by atoms with Crippen molar-refractivity contribution < 1.29 is 98.1 Å². The van der Waals surface area contributed by atoms with Crippen LogP contribution in [0.4, 0.5) is 0 Å². The van der Waals surface area contributed by atoms with Crippen molar-refractivity contribution in [3.8, 4) is 0 Å². The number of rotatable bonds is 1. The van der Waals surface area contributed by atoms with Gasteiger partial charge in [-0.3, -0.25) is 16.4 Å². The van der Waals surface area contributed by atoms with Crippen molar-refractivity contribution in [2.75, 3.05) is 0 Å². The molecule has 0 saturated carbocycles. The van der Waals surface area contributed by atoms with Crippen LogP contribution < -0.4 is 0 Å². The molecule has 0 unspecified atom stereocenters. The van der Waals surface area contributed by atoms with Crippen LogP contribution in [0.1, 0.15) is 70.1 Å². The van der Waals surface area contributed by atoms with Crippen molar-refractivity contribution >= 4 is 36.5 Å². The summed E-state index contributed by atoms with van der Waals surface area (Å²) >= 11 is 0. The van der Waals surface area contributed by atoms with E-state index in [1.165, 1.54) is 29.9 Å². The predicted molar refractivity (Wildman–Crippen MR) is 165 cm³/mol. The third kappa shape index (κ3) is 35.2. The smallest absolute Gasteiger partial charge is 0.171 e. The molecule has 3 aromatic rings. The molecule has 0 spiro atoms. The van der Waals surface area contributed by atoms with Crippen LogP contribution in [0.3, 0.4) is 0 Å². The fourth-order valence-corrected chi connectivity index (χ4v) is 1.96. The summed E-state index contributed by atoms with van der Waals surface area (Å²) in [5, 5.41) is 49.0. The van der Waals surface area contributed by atoms with E-state index < -0.39 is 0 Å². The second-order valence-electron chi connectivity index (χ2n) is 7.51. The number of hydrogen-bond acceptors (Lipinski definition) is 9. The second kappa shape index (κ2) is 36.2. The predicted octanol–water partition coefficient (Wildman–Crippen LogP) is 3.10. The van der Waals surface area contributed by atoms with Crippen LogP contribution >= 0.6 is 0 Å². The molecule has 3 heterocycles. The Morgan fingerprint density at radius 1 is 0.659 bits per heavy atom. The number of amidine groups is 2. The van der Waals surface area contributed by atoms with E-state index in [4.69, 9.17) is 10.8 Å². The SMILES string of the molecule is C[C-]=NC(C)=[N-].C[C-]=NC(C)=[N-].C[C-]=NN=[C-]C.Cc1nn(C)c(C)c1C.Cc1nnn(C)n1.Cc1nnnn1C.[Y].[Y].[Y]. The van der Waals surface area contributed by atoms with Crippen LogP contribution in [0.15, 0.2) is 20.2 Å². The Morgan fingerprint density at radius 3 is 1.20 bits per heavy atom. The topological polar surface area (TPSA) is 199 Å². The summed E-state index contributed by atoms with van der Waals surface area (Å²) in [7, 11) is 5.50. The third-order valence-corrected chi connectivity index (χ3v) is 4.11. The normalized spacial score (nSPS) is 9.32. The monoisotopic (exact) mass is 833 g/mol. The van der Waals surface area contributed by atoms with Crippen molar-refractivity contribution in [1.82, 2.24) is 50.2 Å². The molecule has 19 heteroatoms. The average molecular weight is 833 g/mol. The Hall–Kier alpha value is -1.32. The molecule has 0 aromatic carbocycles. The van der Waals surface area contributed by atoms with Gasteiger partial charge in [0.1, 0.15) is 5.82 Å². The number of nitrogens with zero attached hydrogens (tertiary/aromatic N) is 16. The molecule has 0 amide bonds. The number of aliphatic imine (C=N–C) groups is 2. The first-order chi connectivity index (χ1) is 19.2. The van der Waals surface area contributed by atoms with Crippen LogP contribution in [-0.2, 0) is 119 Å². The maximum Gasteiger partial charge on any atom is 0.171 e. The summed E-state index contributed by atoms with van der Waals surface area (Å²) in [4.78, 5) is 8.12. The van der Waals surface area contributed by atoms with E-state index in [0.29, 0.717) is 5.82 Å². The Morgan fingerprint density at radius 2 is 1.11 bits per heavy atom. The minimum absolute atomic E-state index is 0. The van der Waals surface area contributed by atoms with Gasteiger partial charge >= 0.3 is 0 Å². The molecule has 0 saturated heterocycles. The van der Waals surface area contributed by atoms with Crippen LogP contribution in [-0.4, -0.2) is 86.7 Å². The fraction of sp³-hybridized carbons (Fsp3) is 0.560. The van der Waals surface area contributed by atoms with E-state index in [0.717, 1.165) is 11.5 Å². The molecular formula is C25H42N16Y3-6. The Labute approximate surface area is 338 Å². The number of aryl methyl sites for hydroxylation is 6. The van der Waals surface area contributed by atoms with Gasteiger partial charge in [0.05, 0.1) is 12.7 Å². The van der Waals surface area contributed by atoms with Gasteiger partial charge in [-0.1, -0.05) is 0 Å². The summed E-state index contributed by atoms with van der Waals surface area (Å²) in [6.45, 7) is 19.5. The second-order valence-corrected chi connectivity index (χ2v) is 7.51. The molecule has 44 heavy (non-hydrogen) atoms. The first-order valence-corrected chi connectivity index (χ1v) is 12.1. The minimum Gasteiger partial charge on any atom is -0.645 e. The van der Waals surface area contributed by atoms with Crippen LogP contribution in [0.2, 0.25) is 0 Å². The Kier molecular flexibility index (Phi) is 45.3. The van der Waals surface area contributed by atoms with Gasteiger partial charge in [0, 0.05) is 118 Å². The van der Waals surface area contributed by atoms with Gasteiger partial charge in [0.15, 0.2) is 5.82 Å². The maximum absolute atomic E-state index is 8.24. The Balaban J connectivity index is -0.0000000979. The number of tetrazole rings is 2. The summed E-state index contributed by atoms with van der Waals surface area (Å²) in [6.07, 6.45) is 9.74. The van der Waals surface area contributed by atoms with Crippen molar-refractivity contribution in [2.24, 2.45) is 41.3 Å². The number of aromatic nitrogens is 10. The molecular weight excluding hydrogens is 791 g/mol. The van der Waals surface area contributed by atoms with E-state index in [1.54, 1.807) is 53.4 Å². The van der Waals surface area contributed by atoms with Gasteiger partial charge in [-0.2, -0.15) is 23.7 Å². The molecule has 0 aliphatic carbocycles. The van der Waals surface area contributed by atoms with Gasteiger partial charge in [-0.25, -0.2) is 4.68 Å². The van der Waals surface area contributed by atoms with E-state index in [9.17, 15) is 0 Å². The quantitative estimate of drug-likeness (QED) is 0.155. The molecule has 3 aromatic heterocycles. The van der Waals surface area contributed by atoms with E-state index in [2.05, 4.69) is 94.9 Å². The average Bonchev–Trinajstić information content (AvgIpc) is 3.54. The minimum atomic E-state index is 0. The molecule has 0 aliphatic heterocycles. The molecule has 16 nitrogen and oxygen atoms in total. The van der Waals surface area contributed by atoms with Crippen LogP contribution in [0.5, 0.6) is 0 Å². The fourth-order valence-electron chi connectivity index (χ4n) is 1.96. The first-order valence-electron chi connectivity index (χ1n) is 12.1. The zero-order valence-electron chi connectivity index (χ0n) is 28.4. The molecule has 0 fully saturated rings. The molecule has 3 rings (SSSR count). The van der Waals surface area contributed by atoms with Gasteiger partial charge in [0.25, 0.3) is 0 Å². The molecule has 0 atom stereocenters. The summed E-state index contributed by atoms with van der Waals surface area (Å²) in [6, 6.07) is 0. The van der Waals surface area contributed by atoms with Crippen LogP contribution in [0.25, 0.3) is 10.8 Å².